The van der Waals surface area contributed by atoms with Crippen LogP contribution in [-0.4, -0.2) is 17.6 Å². The molecule has 0 aliphatic carbocycles. The summed E-state index contributed by atoms with van der Waals surface area (Å²) < 4.78 is 41.0. The largest absolute Gasteiger partial charge is 0.478 e. The van der Waals surface area contributed by atoms with Crippen molar-refractivity contribution in [3.05, 3.63) is 59.4 Å². The van der Waals surface area contributed by atoms with Crippen LogP contribution in [0, 0.1) is 17.5 Å². The molecule has 0 bridgehead atoms. The van der Waals surface area contributed by atoms with Gasteiger partial charge in [-0.15, -0.1) is 0 Å². The number of anilines is 2. The Morgan fingerprint density at radius 3 is 2.05 bits per heavy atom. The number of aromatic carboxylic acids is 1. The molecule has 0 saturated carbocycles. The van der Waals surface area contributed by atoms with Gasteiger partial charge in [-0.25, -0.2) is 18.0 Å². The molecule has 0 spiro atoms. The van der Waals surface area contributed by atoms with Gasteiger partial charge in [-0.05, 0) is 43.3 Å². The van der Waals surface area contributed by atoms with E-state index in [0.29, 0.717) is 5.69 Å². The molecule has 0 unspecified atom stereocenters. The summed E-state index contributed by atoms with van der Waals surface area (Å²) in [6, 6.07) is 6.66. The zero-order valence-corrected chi connectivity index (χ0v) is 11.1. The zero-order chi connectivity index (χ0) is 15.6. The molecule has 2 aromatic carbocycles. The van der Waals surface area contributed by atoms with Gasteiger partial charge in [0.25, 0.3) is 0 Å². The minimum Gasteiger partial charge on any atom is -0.478 e. The number of carbonyl (C=O) groups is 1. The fourth-order valence-corrected chi connectivity index (χ4v) is 2.04. The zero-order valence-electron chi connectivity index (χ0n) is 11.1. The van der Waals surface area contributed by atoms with Crippen LogP contribution in [0.25, 0.3) is 0 Å². The van der Waals surface area contributed by atoms with Gasteiger partial charge < -0.3 is 10.0 Å². The van der Waals surface area contributed by atoms with Crippen molar-refractivity contribution in [2.24, 2.45) is 0 Å². The van der Waals surface area contributed by atoms with Crippen molar-refractivity contribution < 1.29 is 23.1 Å². The summed E-state index contributed by atoms with van der Waals surface area (Å²) in [6.45, 7) is 1.90. The van der Waals surface area contributed by atoms with Gasteiger partial charge in [0.15, 0.2) is 11.6 Å². The van der Waals surface area contributed by atoms with E-state index in [4.69, 9.17) is 5.11 Å². The van der Waals surface area contributed by atoms with Crippen LogP contribution in [0.2, 0.25) is 0 Å². The number of nitrogens with zero attached hydrogens (tertiary/aromatic N) is 1. The monoisotopic (exact) mass is 295 g/mol. The molecule has 2 aromatic rings. The van der Waals surface area contributed by atoms with E-state index < -0.39 is 29.0 Å². The molecule has 2 rings (SSSR count). The molecule has 0 aromatic heterocycles. The normalized spacial score (nSPS) is 10.5. The molecule has 0 heterocycles. The lowest BCUT2D eigenvalue weighted by Crippen LogP contribution is -2.19. The highest BCUT2D eigenvalue weighted by atomic mass is 19.1. The molecular formula is C15H12F3NO2. The van der Waals surface area contributed by atoms with Crippen molar-refractivity contribution in [2.45, 2.75) is 6.92 Å². The van der Waals surface area contributed by atoms with Crippen molar-refractivity contribution in [1.82, 2.24) is 0 Å². The maximum absolute atomic E-state index is 14.1. The molecule has 0 aliphatic heterocycles. The summed E-state index contributed by atoms with van der Waals surface area (Å²) in [6.07, 6.45) is 0. The molecule has 0 atom stereocenters. The molecule has 0 amide bonds. The summed E-state index contributed by atoms with van der Waals surface area (Å²) in [5.74, 6) is -3.85. The van der Waals surface area contributed by atoms with Crippen molar-refractivity contribution in [3.8, 4) is 0 Å². The topological polar surface area (TPSA) is 40.5 Å². The van der Waals surface area contributed by atoms with Crippen molar-refractivity contribution in [3.63, 3.8) is 0 Å². The van der Waals surface area contributed by atoms with Crippen molar-refractivity contribution in [2.75, 3.05) is 11.4 Å². The smallest absolute Gasteiger partial charge is 0.335 e. The predicted octanol–water partition coefficient (Wildman–Crippen LogP) is 3.96. The summed E-state index contributed by atoms with van der Waals surface area (Å²) in [5, 5.41) is 8.78. The van der Waals surface area contributed by atoms with E-state index >= 15 is 0 Å². The Hall–Kier alpha value is -2.50. The summed E-state index contributed by atoms with van der Waals surface area (Å²) >= 11 is 0. The number of carboxylic acid groups (broad SMARTS) is 1. The van der Waals surface area contributed by atoms with Crippen LogP contribution in [0.3, 0.4) is 0 Å². The van der Waals surface area contributed by atoms with Crippen LogP contribution in [0.15, 0.2) is 36.4 Å². The number of hydrogen-bond donors (Lipinski definition) is 1. The maximum atomic E-state index is 14.1. The maximum Gasteiger partial charge on any atom is 0.335 e. The van der Waals surface area contributed by atoms with Crippen LogP contribution in [0.4, 0.5) is 24.5 Å². The number of hydrogen-bond acceptors (Lipinski definition) is 2. The number of benzene rings is 2. The molecule has 1 N–H and O–H groups in total. The first-order valence-corrected chi connectivity index (χ1v) is 6.19. The van der Waals surface area contributed by atoms with E-state index in [1.54, 1.807) is 6.92 Å². The predicted molar refractivity (Wildman–Crippen MR) is 72.4 cm³/mol. The Bertz CT molecular complexity index is 648. The minimum atomic E-state index is -1.41. The third kappa shape index (κ3) is 2.99. The van der Waals surface area contributed by atoms with Crippen LogP contribution in [0.1, 0.15) is 17.3 Å². The first kappa shape index (κ1) is 14.9. The second kappa shape index (κ2) is 5.87. The average Bonchev–Trinajstić information content (AvgIpc) is 2.43. The number of carboxylic acids is 1. The standard InChI is InChI=1S/C15H12F3NO2/c1-2-19(11-5-3-10(16)4-6-11)14-12(17)7-9(15(20)21)8-13(14)18/h3-8H,2H2,1H3,(H,20,21). The Morgan fingerprint density at radius 2 is 1.62 bits per heavy atom. The second-order valence-electron chi connectivity index (χ2n) is 4.31. The fraction of sp³-hybridized carbons (Fsp3) is 0.133. The molecule has 3 nitrogen and oxygen atoms in total. The molecular weight excluding hydrogens is 283 g/mol. The van der Waals surface area contributed by atoms with Gasteiger partial charge in [-0.1, -0.05) is 0 Å². The third-order valence-electron chi connectivity index (χ3n) is 2.99. The first-order chi connectivity index (χ1) is 9.93. The van der Waals surface area contributed by atoms with Gasteiger partial charge in [-0.2, -0.15) is 0 Å². The van der Waals surface area contributed by atoms with Crippen LogP contribution < -0.4 is 4.90 Å². The highest BCUT2D eigenvalue weighted by Crippen LogP contribution is 2.31. The number of rotatable bonds is 4. The van der Waals surface area contributed by atoms with Crippen LogP contribution in [-0.2, 0) is 0 Å². The lowest BCUT2D eigenvalue weighted by atomic mass is 10.1. The fourth-order valence-electron chi connectivity index (χ4n) is 2.04. The highest BCUT2D eigenvalue weighted by molar-refractivity contribution is 5.88. The molecule has 110 valence electrons. The lowest BCUT2D eigenvalue weighted by molar-refractivity contribution is 0.0696. The second-order valence-corrected chi connectivity index (χ2v) is 4.31. The number of halogens is 3. The Labute approximate surface area is 119 Å². The Balaban J connectivity index is 2.52. The van der Waals surface area contributed by atoms with E-state index in [9.17, 15) is 18.0 Å². The summed E-state index contributed by atoms with van der Waals surface area (Å²) in [7, 11) is 0. The van der Waals surface area contributed by atoms with Gasteiger partial charge in [0.05, 0.1) is 5.56 Å². The summed E-state index contributed by atoms with van der Waals surface area (Å²) in [4.78, 5) is 12.1. The van der Waals surface area contributed by atoms with Gasteiger partial charge in [0.2, 0.25) is 0 Å². The van der Waals surface area contributed by atoms with E-state index in [0.717, 1.165) is 12.1 Å². The average molecular weight is 295 g/mol. The lowest BCUT2D eigenvalue weighted by Gasteiger charge is -2.24. The van der Waals surface area contributed by atoms with E-state index in [2.05, 4.69) is 0 Å². The highest BCUT2D eigenvalue weighted by Gasteiger charge is 2.20. The van der Waals surface area contributed by atoms with Gasteiger partial charge >= 0.3 is 5.97 Å². The minimum absolute atomic E-state index is 0.228. The van der Waals surface area contributed by atoms with Crippen molar-refractivity contribution in [1.29, 1.82) is 0 Å². The van der Waals surface area contributed by atoms with Gasteiger partial charge in [0, 0.05) is 12.2 Å². The molecule has 0 fully saturated rings. The molecule has 21 heavy (non-hydrogen) atoms. The Morgan fingerprint density at radius 1 is 1.10 bits per heavy atom. The van der Waals surface area contributed by atoms with Gasteiger partial charge in [0.1, 0.15) is 11.5 Å². The van der Waals surface area contributed by atoms with Crippen LogP contribution >= 0.6 is 0 Å². The SMILES string of the molecule is CCN(c1ccc(F)cc1)c1c(F)cc(C(=O)O)cc1F. The quantitative estimate of drug-likeness (QED) is 0.928. The van der Waals surface area contributed by atoms with Gasteiger partial charge in [-0.3, -0.25) is 0 Å². The van der Waals surface area contributed by atoms with E-state index in [-0.39, 0.29) is 12.2 Å². The molecule has 0 aliphatic rings. The van der Waals surface area contributed by atoms with E-state index in [1.807, 2.05) is 0 Å². The van der Waals surface area contributed by atoms with Crippen molar-refractivity contribution >= 4 is 17.3 Å². The molecule has 0 saturated heterocycles. The summed E-state index contributed by atoms with van der Waals surface area (Å²) in [5.41, 5.74) is -0.433. The third-order valence-corrected chi connectivity index (χ3v) is 2.99. The molecule has 0 radical (unpaired) electrons. The first-order valence-electron chi connectivity index (χ1n) is 6.19. The van der Waals surface area contributed by atoms with E-state index in [1.165, 1.54) is 29.2 Å². The molecule has 6 heteroatoms. The Kier molecular flexibility index (Phi) is 4.16. The van der Waals surface area contributed by atoms with Crippen LogP contribution in [0.5, 0.6) is 0 Å².